The van der Waals surface area contributed by atoms with Crippen molar-refractivity contribution in [3.05, 3.63) is 72.5 Å². The Kier molecular flexibility index (Phi) is 11.8. The molecule has 0 spiro atoms. The molecule has 9 nitrogen and oxygen atoms in total. The first-order valence-corrected chi connectivity index (χ1v) is 9.27. The van der Waals surface area contributed by atoms with Crippen LogP contribution in [0.4, 0.5) is 0 Å². The zero-order valence-electron chi connectivity index (χ0n) is 13.0. The summed E-state index contributed by atoms with van der Waals surface area (Å²) < 4.78 is 27.1. The topological polar surface area (TPSA) is 118 Å². The fourth-order valence-electron chi connectivity index (χ4n) is 1.30. The van der Waals surface area contributed by atoms with Gasteiger partial charge in [0.2, 0.25) is 17.3 Å². The molecule has 27 heavy (non-hydrogen) atoms. The fraction of sp³-hybridized carbons (Fsp3) is 0. The van der Waals surface area contributed by atoms with E-state index in [1.54, 1.807) is 36.4 Å². The molecule has 0 aliphatic carbocycles. The fourth-order valence-corrected chi connectivity index (χ4v) is 1.95. The maximum atomic E-state index is 10.6. The highest BCUT2D eigenvalue weighted by atomic mass is 127. The molecular formula is C15H9I3O9. The van der Waals surface area contributed by atoms with Gasteiger partial charge in [-0.05, 0) is 36.4 Å². The second-order valence-corrected chi connectivity index (χ2v) is 5.35. The van der Waals surface area contributed by atoms with Gasteiger partial charge in [-0.2, -0.15) is 0 Å². The van der Waals surface area contributed by atoms with E-state index in [0.717, 1.165) is 0 Å². The van der Waals surface area contributed by atoms with Crippen LogP contribution in [-0.4, -0.2) is 17.9 Å². The van der Waals surface area contributed by atoms with E-state index in [1.807, 2.05) is 0 Å². The van der Waals surface area contributed by atoms with E-state index in [-0.39, 0.29) is 17.3 Å². The lowest BCUT2D eigenvalue weighted by molar-refractivity contribution is 0.0759. The van der Waals surface area contributed by atoms with Crippen LogP contribution in [0, 0.1) is 0 Å². The summed E-state index contributed by atoms with van der Waals surface area (Å²) in [5.74, 6) is -0.694. The standard InChI is InChI=1S/3C5H3IO3/c3*6-9-5(7)4-2-1-3-8-4/h3*1-3H. The molecule has 3 aromatic heterocycles. The highest BCUT2D eigenvalue weighted by Gasteiger charge is 2.08. The highest BCUT2D eigenvalue weighted by Crippen LogP contribution is 2.05. The van der Waals surface area contributed by atoms with Gasteiger partial charge in [-0.1, -0.05) is 0 Å². The number of carbonyl (C=O) groups excluding carboxylic acids is 3. The van der Waals surface area contributed by atoms with Gasteiger partial charge in [0.25, 0.3) is 0 Å². The predicted molar refractivity (Wildman–Crippen MR) is 114 cm³/mol. The Morgan fingerprint density at radius 3 is 1.00 bits per heavy atom. The van der Waals surface area contributed by atoms with Gasteiger partial charge in [0.1, 0.15) is 0 Å². The first kappa shape index (κ1) is 23.5. The molecule has 0 aliphatic heterocycles. The summed E-state index contributed by atoms with van der Waals surface area (Å²) in [5.41, 5.74) is 0. The van der Waals surface area contributed by atoms with Gasteiger partial charge in [0.15, 0.2) is 69.0 Å². The van der Waals surface area contributed by atoms with Gasteiger partial charge >= 0.3 is 17.9 Å². The second kappa shape index (κ2) is 13.6. The molecule has 0 aromatic carbocycles. The van der Waals surface area contributed by atoms with Crippen molar-refractivity contribution in [2.45, 2.75) is 0 Å². The summed E-state index contributed by atoms with van der Waals surface area (Å²) in [4.78, 5) is 31.7. The maximum absolute atomic E-state index is 10.6. The lowest BCUT2D eigenvalue weighted by atomic mass is 10.5. The SMILES string of the molecule is O=C(OI)c1ccco1.O=C(OI)c1ccco1.O=C(OI)c1ccco1. The van der Waals surface area contributed by atoms with Crippen molar-refractivity contribution in [2.24, 2.45) is 0 Å². The number of halogens is 3. The minimum atomic E-state index is -0.458. The zero-order valence-corrected chi connectivity index (χ0v) is 19.5. The molecule has 12 heteroatoms. The molecule has 0 bridgehead atoms. The summed E-state index contributed by atoms with van der Waals surface area (Å²) >= 11 is 4.51. The molecule has 3 aromatic rings. The summed E-state index contributed by atoms with van der Waals surface area (Å²) in [6, 6.07) is 9.51. The lowest BCUT2D eigenvalue weighted by Gasteiger charge is -1.86. The highest BCUT2D eigenvalue weighted by molar-refractivity contribution is 14.1. The van der Waals surface area contributed by atoms with Crippen molar-refractivity contribution < 1.29 is 36.8 Å². The van der Waals surface area contributed by atoms with Crippen LogP contribution < -0.4 is 0 Å². The Hall–Kier alpha value is -1.56. The predicted octanol–water partition coefficient (Wildman–Crippen LogP) is 5.36. The summed E-state index contributed by atoms with van der Waals surface area (Å²) in [6.45, 7) is 0. The molecule has 3 rings (SSSR count). The van der Waals surface area contributed by atoms with E-state index < -0.39 is 17.9 Å². The third kappa shape index (κ3) is 8.78. The van der Waals surface area contributed by atoms with Gasteiger partial charge in [-0.25, -0.2) is 14.4 Å². The van der Waals surface area contributed by atoms with Crippen molar-refractivity contribution in [2.75, 3.05) is 0 Å². The molecule has 0 N–H and O–H groups in total. The average molecular weight is 714 g/mol. The Labute approximate surface area is 194 Å². The Bertz CT molecular complexity index is 686. The molecular weight excluding hydrogens is 705 g/mol. The van der Waals surface area contributed by atoms with Crippen LogP contribution in [0.3, 0.4) is 0 Å². The molecule has 0 saturated carbocycles. The molecule has 0 atom stereocenters. The first-order chi connectivity index (χ1) is 13.0. The first-order valence-electron chi connectivity index (χ1n) is 6.62. The third-order valence-electron chi connectivity index (χ3n) is 2.38. The lowest BCUT2D eigenvalue weighted by Crippen LogP contribution is -1.93. The van der Waals surface area contributed by atoms with Crippen molar-refractivity contribution >= 4 is 86.9 Å². The van der Waals surface area contributed by atoms with Gasteiger partial charge in [-0.3, -0.25) is 0 Å². The van der Waals surface area contributed by atoms with E-state index in [9.17, 15) is 14.4 Å². The molecule has 144 valence electrons. The van der Waals surface area contributed by atoms with Crippen molar-refractivity contribution in [3.8, 4) is 0 Å². The molecule has 0 aliphatic rings. The number of hydrogen-bond donors (Lipinski definition) is 0. The molecule has 0 fully saturated rings. The van der Waals surface area contributed by atoms with Crippen LogP contribution in [0.25, 0.3) is 0 Å². The maximum Gasteiger partial charge on any atom is 0.383 e. The monoisotopic (exact) mass is 714 g/mol. The van der Waals surface area contributed by atoms with E-state index in [2.05, 4.69) is 9.20 Å². The van der Waals surface area contributed by atoms with Crippen molar-refractivity contribution in [1.82, 2.24) is 0 Å². The van der Waals surface area contributed by atoms with Crippen LogP contribution in [-0.2, 0) is 9.20 Å². The number of rotatable bonds is 3. The van der Waals surface area contributed by atoms with Gasteiger partial charge in [0, 0.05) is 0 Å². The van der Waals surface area contributed by atoms with Gasteiger partial charge < -0.3 is 22.5 Å². The molecule has 0 radical (unpaired) electrons. The minimum absolute atomic E-state index is 0.226. The van der Waals surface area contributed by atoms with Crippen LogP contribution in [0.5, 0.6) is 0 Å². The van der Waals surface area contributed by atoms with E-state index >= 15 is 0 Å². The van der Waals surface area contributed by atoms with E-state index in [4.69, 9.17) is 13.3 Å². The van der Waals surface area contributed by atoms with E-state index in [1.165, 1.54) is 87.8 Å². The Morgan fingerprint density at radius 2 is 0.852 bits per heavy atom. The largest absolute Gasteiger partial charge is 0.457 e. The van der Waals surface area contributed by atoms with E-state index in [0.29, 0.717) is 0 Å². The minimum Gasteiger partial charge on any atom is -0.457 e. The summed E-state index contributed by atoms with van der Waals surface area (Å²) in [5, 5.41) is 0. The number of furan rings is 3. The van der Waals surface area contributed by atoms with Crippen LogP contribution in [0.1, 0.15) is 31.7 Å². The van der Waals surface area contributed by atoms with Crippen LogP contribution >= 0.6 is 69.0 Å². The normalized spacial score (nSPS) is 9.00. The van der Waals surface area contributed by atoms with Crippen molar-refractivity contribution in [1.29, 1.82) is 0 Å². The Morgan fingerprint density at radius 1 is 0.593 bits per heavy atom. The molecule has 0 unspecified atom stereocenters. The van der Waals surface area contributed by atoms with Crippen LogP contribution in [0.15, 0.2) is 68.4 Å². The molecule has 0 saturated heterocycles. The average Bonchev–Trinajstić information content (AvgIpc) is 3.48. The zero-order chi connectivity index (χ0) is 20.1. The summed E-state index contributed by atoms with van der Waals surface area (Å²) in [7, 11) is 0. The molecule has 0 amide bonds. The third-order valence-corrected chi connectivity index (χ3v) is 3.58. The number of carbonyl (C=O) groups is 3. The molecule has 3 heterocycles. The number of hydrogen-bond acceptors (Lipinski definition) is 9. The quantitative estimate of drug-likeness (QED) is 0.331. The second-order valence-electron chi connectivity index (χ2n) is 4.03. The summed E-state index contributed by atoms with van der Waals surface area (Å²) in [6.07, 6.45) is 4.26. The van der Waals surface area contributed by atoms with Gasteiger partial charge in [-0.15, -0.1) is 0 Å². The smallest absolute Gasteiger partial charge is 0.383 e. The van der Waals surface area contributed by atoms with Crippen molar-refractivity contribution in [3.63, 3.8) is 0 Å². The van der Waals surface area contributed by atoms with Gasteiger partial charge in [0.05, 0.1) is 18.8 Å². The van der Waals surface area contributed by atoms with Crippen LogP contribution in [0.2, 0.25) is 0 Å². The Balaban J connectivity index is 0.000000202.